The normalized spacial score (nSPS) is 12.7. The number of fused-ring (bicyclic) bond motifs is 1. The van der Waals surface area contributed by atoms with Crippen molar-refractivity contribution in [2.24, 2.45) is 0 Å². The average Bonchev–Trinajstić information content (AvgIpc) is 3.08. The third kappa shape index (κ3) is 4.51. The molecule has 2 amide bonds. The zero-order chi connectivity index (χ0) is 21.0. The predicted molar refractivity (Wildman–Crippen MR) is 108 cm³/mol. The van der Waals surface area contributed by atoms with E-state index in [0.29, 0.717) is 41.6 Å². The van der Waals surface area contributed by atoms with Gasteiger partial charge in [-0.1, -0.05) is 12.1 Å². The monoisotopic (exact) mass is 418 g/mol. The van der Waals surface area contributed by atoms with Gasteiger partial charge < -0.3 is 24.4 Å². The number of carbonyl (C=O) groups is 3. The molecule has 0 atom stereocenters. The molecule has 0 unspecified atom stereocenters. The van der Waals surface area contributed by atoms with Crippen LogP contribution in [-0.2, 0) is 27.3 Å². The third-order valence-corrected chi connectivity index (χ3v) is 5.70. The van der Waals surface area contributed by atoms with Gasteiger partial charge >= 0.3 is 5.97 Å². The van der Waals surface area contributed by atoms with E-state index in [4.69, 9.17) is 14.2 Å². The smallest absolute Gasteiger partial charge is 0.341 e. The number of esters is 1. The van der Waals surface area contributed by atoms with E-state index in [0.717, 1.165) is 10.4 Å². The van der Waals surface area contributed by atoms with Gasteiger partial charge in [-0.3, -0.25) is 9.59 Å². The van der Waals surface area contributed by atoms with Crippen molar-refractivity contribution in [1.29, 1.82) is 0 Å². The number of hydrogen-bond acceptors (Lipinski definition) is 7. The van der Waals surface area contributed by atoms with Crippen LogP contribution in [0.1, 0.15) is 27.7 Å². The molecule has 3 rings (SSSR count). The zero-order valence-corrected chi connectivity index (χ0v) is 17.3. The number of nitrogens with zero attached hydrogens (tertiary/aromatic N) is 1. The van der Waals surface area contributed by atoms with Gasteiger partial charge in [0.2, 0.25) is 5.91 Å². The van der Waals surface area contributed by atoms with E-state index < -0.39 is 11.9 Å². The molecule has 0 bridgehead atoms. The number of amides is 2. The molecule has 0 fully saturated rings. The maximum atomic E-state index is 12.4. The quantitative estimate of drug-likeness (QED) is 0.725. The molecule has 1 N–H and O–H groups in total. The highest BCUT2D eigenvalue weighted by Crippen LogP contribution is 2.37. The number of rotatable bonds is 6. The van der Waals surface area contributed by atoms with Crippen LogP contribution >= 0.6 is 11.3 Å². The summed E-state index contributed by atoms with van der Waals surface area (Å²) >= 11 is 1.28. The van der Waals surface area contributed by atoms with E-state index in [1.807, 2.05) is 0 Å². The van der Waals surface area contributed by atoms with Crippen LogP contribution in [-0.4, -0.2) is 50.1 Å². The highest BCUT2D eigenvalue weighted by Gasteiger charge is 2.30. The molecule has 1 aliphatic heterocycles. The van der Waals surface area contributed by atoms with Crippen molar-refractivity contribution >= 4 is 34.1 Å². The van der Waals surface area contributed by atoms with Crippen molar-refractivity contribution in [3.63, 3.8) is 0 Å². The summed E-state index contributed by atoms with van der Waals surface area (Å²) in [6, 6.07) is 7.01. The average molecular weight is 418 g/mol. The Balaban J connectivity index is 1.76. The van der Waals surface area contributed by atoms with E-state index in [2.05, 4.69) is 5.32 Å². The van der Waals surface area contributed by atoms with Gasteiger partial charge in [0.05, 0.1) is 26.3 Å². The molecule has 2 aromatic rings. The van der Waals surface area contributed by atoms with Crippen LogP contribution in [0.3, 0.4) is 0 Å². The molecule has 9 heteroatoms. The van der Waals surface area contributed by atoms with Crippen LogP contribution in [0.5, 0.6) is 11.5 Å². The van der Waals surface area contributed by atoms with Crippen molar-refractivity contribution in [3.8, 4) is 11.5 Å². The van der Waals surface area contributed by atoms with Gasteiger partial charge in [0.15, 0.2) is 18.1 Å². The molecule has 1 aromatic heterocycles. The number of nitrogens with one attached hydrogen (secondary N) is 1. The number of para-hydroxylation sites is 2. The summed E-state index contributed by atoms with van der Waals surface area (Å²) < 4.78 is 15.6. The fourth-order valence-electron chi connectivity index (χ4n) is 3.12. The summed E-state index contributed by atoms with van der Waals surface area (Å²) in [6.45, 7) is 2.20. The van der Waals surface area contributed by atoms with E-state index >= 15 is 0 Å². The molecule has 1 aromatic carbocycles. The molecule has 1 aliphatic rings. The van der Waals surface area contributed by atoms with E-state index in [-0.39, 0.29) is 12.5 Å². The predicted octanol–water partition coefficient (Wildman–Crippen LogP) is 2.47. The number of thiophene rings is 1. The lowest BCUT2D eigenvalue weighted by molar-refractivity contribution is -0.129. The number of carbonyl (C=O) groups excluding carboxylic acids is 3. The Morgan fingerprint density at radius 2 is 1.90 bits per heavy atom. The summed E-state index contributed by atoms with van der Waals surface area (Å²) in [5.41, 5.74) is 1.17. The van der Waals surface area contributed by atoms with Crippen LogP contribution in [0.15, 0.2) is 24.3 Å². The maximum Gasteiger partial charge on any atom is 0.341 e. The Labute approximate surface area is 172 Å². The molecule has 0 radical (unpaired) electrons. The minimum atomic E-state index is -0.514. The first kappa shape index (κ1) is 20.7. The molecule has 0 saturated carbocycles. The third-order valence-electron chi connectivity index (χ3n) is 4.57. The number of methoxy groups -OCH3 is 2. The lowest BCUT2D eigenvalue weighted by atomic mass is 10.0. The van der Waals surface area contributed by atoms with Gasteiger partial charge in [0.25, 0.3) is 5.91 Å². The van der Waals surface area contributed by atoms with Gasteiger partial charge in [0, 0.05) is 18.3 Å². The SMILES string of the molecule is COC(=O)c1c(NC(=O)COc2ccccc2OC)sc2c1CCN(C(C)=O)C2. The van der Waals surface area contributed by atoms with Crippen molar-refractivity contribution in [2.45, 2.75) is 19.9 Å². The second kappa shape index (κ2) is 8.95. The highest BCUT2D eigenvalue weighted by atomic mass is 32.1. The first-order chi connectivity index (χ1) is 13.9. The van der Waals surface area contributed by atoms with E-state index in [9.17, 15) is 14.4 Å². The zero-order valence-electron chi connectivity index (χ0n) is 16.4. The first-order valence-corrected chi connectivity index (χ1v) is 9.80. The lowest BCUT2D eigenvalue weighted by Gasteiger charge is -2.25. The summed E-state index contributed by atoms with van der Waals surface area (Å²) in [7, 11) is 2.82. The van der Waals surface area contributed by atoms with Crippen LogP contribution < -0.4 is 14.8 Å². The Bertz CT molecular complexity index is 939. The molecule has 154 valence electrons. The number of anilines is 1. The van der Waals surface area contributed by atoms with Gasteiger partial charge in [-0.25, -0.2) is 4.79 Å². The van der Waals surface area contributed by atoms with Gasteiger partial charge in [-0.2, -0.15) is 0 Å². The fraction of sp³-hybridized carbons (Fsp3) is 0.350. The summed E-state index contributed by atoms with van der Waals surface area (Å²) in [6.07, 6.45) is 0.531. The Morgan fingerprint density at radius 1 is 1.17 bits per heavy atom. The molecule has 2 heterocycles. The lowest BCUT2D eigenvalue weighted by Crippen LogP contribution is -2.33. The van der Waals surface area contributed by atoms with Gasteiger partial charge in [-0.15, -0.1) is 11.3 Å². The van der Waals surface area contributed by atoms with Crippen LogP contribution in [0, 0.1) is 0 Å². The van der Waals surface area contributed by atoms with Crippen molar-refractivity contribution in [1.82, 2.24) is 4.90 Å². The first-order valence-electron chi connectivity index (χ1n) is 8.98. The maximum absolute atomic E-state index is 12.4. The number of benzene rings is 1. The number of hydrogen-bond donors (Lipinski definition) is 1. The standard InChI is InChI=1S/C20H22N2O6S/c1-12(23)22-9-8-13-16(10-22)29-19(18(13)20(25)27-3)21-17(24)11-28-15-7-5-4-6-14(15)26-2/h4-7H,8-11H2,1-3H3,(H,21,24). The largest absolute Gasteiger partial charge is 0.493 e. The minimum Gasteiger partial charge on any atom is -0.493 e. The summed E-state index contributed by atoms with van der Waals surface area (Å²) in [5, 5.41) is 3.15. The Hall–Kier alpha value is -3.07. The molecule has 8 nitrogen and oxygen atoms in total. The minimum absolute atomic E-state index is 0.0283. The molecular formula is C20H22N2O6S. The second-order valence-corrected chi connectivity index (χ2v) is 7.48. The van der Waals surface area contributed by atoms with Gasteiger partial charge in [0.1, 0.15) is 5.00 Å². The van der Waals surface area contributed by atoms with Crippen LogP contribution in [0.2, 0.25) is 0 Å². The van der Waals surface area contributed by atoms with E-state index in [1.54, 1.807) is 29.2 Å². The van der Waals surface area contributed by atoms with Gasteiger partial charge in [-0.05, 0) is 24.1 Å². The Morgan fingerprint density at radius 3 is 2.55 bits per heavy atom. The second-order valence-electron chi connectivity index (χ2n) is 6.38. The molecular weight excluding hydrogens is 396 g/mol. The number of ether oxygens (including phenoxy) is 3. The summed E-state index contributed by atoms with van der Waals surface area (Å²) in [5.74, 6) is 0.00893. The highest BCUT2D eigenvalue weighted by molar-refractivity contribution is 7.17. The molecule has 0 aliphatic carbocycles. The Kier molecular flexibility index (Phi) is 6.38. The van der Waals surface area contributed by atoms with Crippen molar-refractivity contribution in [3.05, 3.63) is 40.3 Å². The fourth-order valence-corrected chi connectivity index (χ4v) is 4.39. The van der Waals surface area contributed by atoms with E-state index in [1.165, 1.54) is 32.5 Å². The molecule has 0 saturated heterocycles. The van der Waals surface area contributed by atoms with Crippen molar-refractivity contribution in [2.75, 3.05) is 32.7 Å². The molecule has 0 spiro atoms. The summed E-state index contributed by atoms with van der Waals surface area (Å²) in [4.78, 5) is 39.0. The molecule has 29 heavy (non-hydrogen) atoms. The topological polar surface area (TPSA) is 94.2 Å². The van der Waals surface area contributed by atoms with Crippen LogP contribution in [0.25, 0.3) is 0 Å². The van der Waals surface area contributed by atoms with Crippen molar-refractivity contribution < 1.29 is 28.6 Å². The van der Waals surface area contributed by atoms with Crippen LogP contribution in [0.4, 0.5) is 5.00 Å².